The molecule has 12 heavy (non-hydrogen) atoms. The van der Waals surface area contributed by atoms with E-state index in [0.29, 0.717) is 10.8 Å². The van der Waals surface area contributed by atoms with E-state index in [0.717, 1.165) is 17.5 Å². The first-order valence-electron chi connectivity index (χ1n) is 3.39. The van der Waals surface area contributed by atoms with Gasteiger partial charge in [-0.1, -0.05) is 28.5 Å². The molecule has 0 aromatic carbocycles. The third-order valence-corrected chi connectivity index (χ3v) is 2.89. The number of hydrogen-bond acceptors (Lipinski definition) is 4. The summed E-state index contributed by atoms with van der Waals surface area (Å²) in [6, 6.07) is 0. The summed E-state index contributed by atoms with van der Waals surface area (Å²) in [5.74, 6) is 1.01. The van der Waals surface area contributed by atoms with Crippen molar-refractivity contribution in [1.82, 2.24) is 9.55 Å². The van der Waals surface area contributed by atoms with Crippen LogP contribution in [0.25, 0.3) is 0 Å². The van der Waals surface area contributed by atoms with Gasteiger partial charge in [0.25, 0.3) is 0 Å². The molecule has 0 unspecified atom stereocenters. The molecule has 0 fully saturated rings. The average Bonchev–Trinajstić information content (AvgIpc) is 2.56. The van der Waals surface area contributed by atoms with E-state index in [-0.39, 0.29) is 0 Å². The molecule has 0 saturated carbocycles. The molecule has 0 saturated heterocycles. The van der Waals surface area contributed by atoms with Crippen LogP contribution in [0.2, 0.25) is 5.15 Å². The number of oxime groups is 1. The Morgan fingerprint density at radius 2 is 2.58 bits per heavy atom. The third-order valence-electron chi connectivity index (χ3n) is 1.65. The molecule has 0 radical (unpaired) electrons. The van der Waals surface area contributed by atoms with Crippen LogP contribution in [0, 0.1) is 0 Å². The zero-order chi connectivity index (χ0) is 8.55. The van der Waals surface area contributed by atoms with E-state index in [2.05, 4.69) is 10.1 Å². The summed E-state index contributed by atoms with van der Waals surface area (Å²) in [5.41, 5.74) is 0.680. The summed E-state index contributed by atoms with van der Waals surface area (Å²) in [6.07, 6.45) is 1.31. The largest absolute Gasteiger partial charge is 0.411 e. The number of hydrogen-bond donors (Lipinski definition) is 1. The van der Waals surface area contributed by atoms with Crippen LogP contribution in [0.3, 0.4) is 0 Å². The summed E-state index contributed by atoms with van der Waals surface area (Å²) in [5, 5.41) is 12.6. The molecule has 0 bridgehead atoms. The Morgan fingerprint density at radius 1 is 1.75 bits per heavy atom. The van der Waals surface area contributed by atoms with E-state index in [9.17, 15) is 0 Å². The minimum Gasteiger partial charge on any atom is -0.411 e. The first-order valence-corrected chi connectivity index (χ1v) is 4.75. The van der Waals surface area contributed by atoms with Gasteiger partial charge in [-0.3, -0.25) is 0 Å². The molecule has 1 aromatic rings. The summed E-state index contributed by atoms with van der Waals surface area (Å²) >= 11 is 7.45. The van der Waals surface area contributed by atoms with Crippen LogP contribution >= 0.6 is 23.4 Å². The normalized spacial score (nSPS) is 15.8. The van der Waals surface area contributed by atoms with Crippen LogP contribution in [0.15, 0.2) is 10.3 Å². The molecular weight excluding hydrogens is 198 g/mol. The highest BCUT2D eigenvalue weighted by Crippen LogP contribution is 2.29. The van der Waals surface area contributed by atoms with Crippen molar-refractivity contribution in [1.29, 1.82) is 0 Å². The van der Waals surface area contributed by atoms with Gasteiger partial charge in [-0.2, -0.15) is 0 Å². The number of thioether (sulfide) groups is 1. The second-order valence-corrected chi connectivity index (χ2v) is 3.74. The molecule has 4 nitrogen and oxygen atoms in total. The van der Waals surface area contributed by atoms with Crippen molar-refractivity contribution in [2.24, 2.45) is 5.16 Å². The van der Waals surface area contributed by atoms with E-state index in [4.69, 9.17) is 16.8 Å². The van der Waals surface area contributed by atoms with Crippen LogP contribution in [0.4, 0.5) is 0 Å². The zero-order valence-corrected chi connectivity index (χ0v) is 7.64. The Hall–Kier alpha value is -0.680. The van der Waals surface area contributed by atoms with Gasteiger partial charge in [-0.15, -0.1) is 0 Å². The minimum atomic E-state index is 0.398. The standard InChI is InChI=1S/C6H6ClN3OS/c7-5-4(3-8-11)10-1-2-12-6(10)9-5/h3,11H,1-2H2. The van der Waals surface area contributed by atoms with Crippen molar-refractivity contribution in [3.8, 4) is 0 Å². The van der Waals surface area contributed by atoms with Crippen LogP contribution in [-0.2, 0) is 6.54 Å². The van der Waals surface area contributed by atoms with E-state index < -0.39 is 0 Å². The predicted octanol–water partition coefficient (Wildman–Crippen LogP) is 1.45. The number of nitrogens with zero attached hydrogens (tertiary/aromatic N) is 3. The first-order chi connectivity index (χ1) is 5.83. The fraction of sp³-hybridized carbons (Fsp3) is 0.333. The lowest BCUT2D eigenvalue weighted by Crippen LogP contribution is -1.99. The van der Waals surface area contributed by atoms with Crippen LogP contribution < -0.4 is 0 Å². The molecule has 6 heteroatoms. The molecule has 64 valence electrons. The van der Waals surface area contributed by atoms with E-state index in [1.807, 2.05) is 4.57 Å². The van der Waals surface area contributed by atoms with E-state index >= 15 is 0 Å². The Bertz CT molecular complexity index is 336. The highest BCUT2D eigenvalue weighted by molar-refractivity contribution is 7.99. The smallest absolute Gasteiger partial charge is 0.170 e. The van der Waals surface area contributed by atoms with Gasteiger partial charge >= 0.3 is 0 Å². The molecule has 1 aliphatic rings. The van der Waals surface area contributed by atoms with Crippen LogP contribution in [-0.4, -0.2) is 26.7 Å². The molecular formula is C6H6ClN3OS. The fourth-order valence-corrected chi connectivity index (χ4v) is 2.39. The second kappa shape index (κ2) is 2.99. The quantitative estimate of drug-likeness (QED) is 0.427. The van der Waals surface area contributed by atoms with Gasteiger partial charge < -0.3 is 9.77 Å². The van der Waals surface area contributed by atoms with Crippen LogP contribution in [0.5, 0.6) is 0 Å². The van der Waals surface area contributed by atoms with Gasteiger partial charge in [-0.25, -0.2) is 4.98 Å². The van der Waals surface area contributed by atoms with Gasteiger partial charge in [0.15, 0.2) is 10.3 Å². The summed E-state index contributed by atoms with van der Waals surface area (Å²) in [6.45, 7) is 0.876. The fourth-order valence-electron chi connectivity index (χ4n) is 1.15. The Balaban J connectivity index is 2.51. The molecule has 0 atom stereocenters. The Kier molecular flexibility index (Phi) is 1.98. The average molecular weight is 204 g/mol. The number of imidazole rings is 1. The van der Waals surface area contributed by atoms with Gasteiger partial charge in [0.2, 0.25) is 0 Å². The predicted molar refractivity (Wildman–Crippen MR) is 47.3 cm³/mol. The molecule has 0 amide bonds. The molecule has 0 spiro atoms. The molecule has 1 aromatic heterocycles. The van der Waals surface area contributed by atoms with Gasteiger partial charge in [0, 0.05) is 12.3 Å². The van der Waals surface area contributed by atoms with Crippen molar-refractivity contribution < 1.29 is 5.21 Å². The van der Waals surface area contributed by atoms with Gasteiger partial charge in [-0.05, 0) is 0 Å². The summed E-state index contributed by atoms with van der Waals surface area (Å²) < 4.78 is 1.94. The number of aromatic nitrogens is 2. The van der Waals surface area contributed by atoms with Gasteiger partial charge in [0.05, 0.1) is 6.21 Å². The molecule has 2 heterocycles. The Labute approximate surface area is 78.2 Å². The zero-order valence-electron chi connectivity index (χ0n) is 6.07. The third kappa shape index (κ3) is 1.09. The second-order valence-electron chi connectivity index (χ2n) is 2.32. The highest BCUT2D eigenvalue weighted by atomic mass is 35.5. The monoisotopic (exact) mass is 203 g/mol. The molecule has 1 N–H and O–H groups in total. The van der Waals surface area contributed by atoms with Gasteiger partial charge in [0.1, 0.15) is 5.69 Å². The SMILES string of the molecule is ON=Cc1c(Cl)nc2n1CCS2. The highest BCUT2D eigenvalue weighted by Gasteiger charge is 2.19. The van der Waals surface area contributed by atoms with Crippen LogP contribution in [0.1, 0.15) is 5.69 Å². The molecule has 1 aliphatic heterocycles. The lowest BCUT2D eigenvalue weighted by molar-refractivity contribution is 0.321. The van der Waals surface area contributed by atoms with Crippen molar-refractivity contribution in [3.05, 3.63) is 10.8 Å². The van der Waals surface area contributed by atoms with E-state index in [1.54, 1.807) is 11.8 Å². The van der Waals surface area contributed by atoms with Crippen molar-refractivity contribution in [2.45, 2.75) is 11.7 Å². The number of fused-ring (bicyclic) bond motifs is 1. The molecule has 0 aliphatic carbocycles. The van der Waals surface area contributed by atoms with E-state index in [1.165, 1.54) is 6.21 Å². The molecule has 2 rings (SSSR count). The summed E-state index contributed by atoms with van der Waals surface area (Å²) in [7, 11) is 0. The Morgan fingerprint density at radius 3 is 3.33 bits per heavy atom. The number of halogens is 1. The topological polar surface area (TPSA) is 50.4 Å². The lowest BCUT2D eigenvalue weighted by atomic mass is 10.5. The van der Waals surface area contributed by atoms with Crippen molar-refractivity contribution >= 4 is 29.6 Å². The van der Waals surface area contributed by atoms with Crippen molar-refractivity contribution in [2.75, 3.05) is 5.75 Å². The summed E-state index contributed by atoms with van der Waals surface area (Å²) in [4.78, 5) is 4.10. The first kappa shape index (κ1) is 7.94. The lowest BCUT2D eigenvalue weighted by Gasteiger charge is -1.95. The maximum atomic E-state index is 8.36. The maximum absolute atomic E-state index is 8.36. The minimum absolute atomic E-state index is 0.398. The number of rotatable bonds is 1. The van der Waals surface area contributed by atoms with Crippen molar-refractivity contribution in [3.63, 3.8) is 0 Å². The maximum Gasteiger partial charge on any atom is 0.170 e.